The minimum Gasteiger partial charge on any atom is -0.435 e. The fraction of sp³-hybridized carbons (Fsp3) is 0.393. The van der Waals surface area contributed by atoms with Gasteiger partial charge in [-0.2, -0.15) is 5.10 Å². The SMILES string of the molecule is C#CCOC[C@H](O)CN(Cc1c(C(C)C)nn(-c2ccccc2)c1Oc1ccccc1F)C1CC1. The van der Waals surface area contributed by atoms with Crippen molar-refractivity contribution in [2.24, 2.45) is 0 Å². The van der Waals surface area contributed by atoms with Crippen molar-refractivity contribution >= 4 is 0 Å². The lowest BCUT2D eigenvalue weighted by atomic mass is 10.1. The van der Waals surface area contributed by atoms with Gasteiger partial charge in [-0.05, 0) is 43.0 Å². The van der Waals surface area contributed by atoms with Crippen LogP contribution >= 0.6 is 0 Å². The normalized spacial score (nSPS) is 14.3. The largest absolute Gasteiger partial charge is 0.435 e. The van der Waals surface area contributed by atoms with E-state index in [4.69, 9.17) is 21.0 Å². The monoisotopic (exact) mass is 477 g/mol. The quantitative estimate of drug-likeness (QED) is 0.297. The summed E-state index contributed by atoms with van der Waals surface area (Å²) in [4.78, 5) is 2.23. The minimum atomic E-state index is -0.674. The maximum absolute atomic E-state index is 14.6. The number of aliphatic hydroxyl groups excluding tert-OH is 1. The maximum atomic E-state index is 14.6. The standard InChI is InChI=1S/C28H32FN3O3/c1-4-16-34-19-23(33)17-31(21-14-15-21)18-24-27(20(2)3)30-32(22-10-6-5-7-11-22)28(24)35-26-13-9-8-12-25(26)29/h1,5-13,20-21,23,33H,14-19H2,2-3H3/t23-/m1/s1. The minimum absolute atomic E-state index is 0.114. The van der Waals surface area contributed by atoms with E-state index in [1.165, 1.54) is 6.07 Å². The van der Waals surface area contributed by atoms with Gasteiger partial charge in [0.25, 0.3) is 0 Å². The molecule has 2 aromatic carbocycles. The molecule has 1 aliphatic carbocycles. The Morgan fingerprint density at radius 2 is 1.89 bits per heavy atom. The van der Waals surface area contributed by atoms with E-state index in [2.05, 4.69) is 24.7 Å². The molecule has 1 aromatic heterocycles. The summed E-state index contributed by atoms with van der Waals surface area (Å²) in [5.41, 5.74) is 2.59. The summed E-state index contributed by atoms with van der Waals surface area (Å²) in [5, 5.41) is 15.5. The van der Waals surface area contributed by atoms with Crippen LogP contribution in [-0.2, 0) is 11.3 Å². The van der Waals surface area contributed by atoms with Gasteiger partial charge in [-0.15, -0.1) is 6.42 Å². The molecule has 1 N–H and O–H groups in total. The second-order valence-electron chi connectivity index (χ2n) is 9.14. The van der Waals surface area contributed by atoms with Crippen LogP contribution in [0, 0.1) is 18.2 Å². The molecule has 0 unspecified atom stereocenters. The Hall–Kier alpha value is -3.18. The van der Waals surface area contributed by atoms with Crippen LogP contribution in [0.3, 0.4) is 0 Å². The second kappa shape index (κ2) is 11.5. The highest BCUT2D eigenvalue weighted by Gasteiger charge is 2.33. The molecule has 184 valence electrons. The first-order valence-corrected chi connectivity index (χ1v) is 12.0. The first kappa shape index (κ1) is 24.9. The van der Waals surface area contributed by atoms with Crippen molar-refractivity contribution in [1.82, 2.24) is 14.7 Å². The number of aromatic nitrogens is 2. The molecule has 0 spiro atoms. The highest BCUT2D eigenvalue weighted by atomic mass is 19.1. The van der Waals surface area contributed by atoms with Gasteiger partial charge in [0.2, 0.25) is 5.88 Å². The molecule has 0 aliphatic heterocycles. The zero-order valence-electron chi connectivity index (χ0n) is 20.2. The van der Waals surface area contributed by atoms with Crippen molar-refractivity contribution in [3.8, 4) is 29.7 Å². The lowest BCUT2D eigenvalue weighted by Gasteiger charge is -2.25. The number of ether oxygens (including phenoxy) is 2. The van der Waals surface area contributed by atoms with Crippen LogP contribution < -0.4 is 4.74 Å². The molecule has 3 aromatic rings. The molecule has 1 atom stereocenters. The highest BCUT2D eigenvalue weighted by molar-refractivity contribution is 5.44. The first-order valence-electron chi connectivity index (χ1n) is 12.0. The van der Waals surface area contributed by atoms with Crippen molar-refractivity contribution in [3.05, 3.63) is 71.7 Å². The van der Waals surface area contributed by atoms with E-state index in [-0.39, 0.29) is 24.9 Å². The summed E-state index contributed by atoms with van der Waals surface area (Å²) in [6, 6.07) is 16.4. The van der Waals surface area contributed by atoms with Crippen LogP contribution in [0.25, 0.3) is 5.69 Å². The number of nitrogens with zero attached hydrogens (tertiary/aromatic N) is 3. The zero-order chi connectivity index (χ0) is 24.8. The third-order valence-electron chi connectivity index (χ3n) is 5.92. The first-order chi connectivity index (χ1) is 17.0. The van der Waals surface area contributed by atoms with Crippen molar-refractivity contribution in [3.63, 3.8) is 0 Å². The van der Waals surface area contributed by atoms with Gasteiger partial charge in [0.05, 0.1) is 29.7 Å². The molecule has 6 nitrogen and oxygen atoms in total. The van der Waals surface area contributed by atoms with E-state index in [0.29, 0.717) is 25.0 Å². The predicted octanol–water partition coefficient (Wildman–Crippen LogP) is 4.90. The lowest BCUT2D eigenvalue weighted by Crippen LogP contribution is -2.36. The number of aliphatic hydroxyl groups is 1. The van der Waals surface area contributed by atoms with Crippen LogP contribution in [0.15, 0.2) is 54.6 Å². The Morgan fingerprint density at radius 1 is 1.17 bits per heavy atom. The Labute approximate surface area is 206 Å². The van der Waals surface area contributed by atoms with Crippen LogP contribution in [-0.4, -0.2) is 51.7 Å². The molecule has 1 fully saturated rings. The Balaban J connectivity index is 1.72. The third-order valence-corrected chi connectivity index (χ3v) is 5.92. The topological polar surface area (TPSA) is 59.8 Å². The molecule has 1 aliphatic rings. The summed E-state index contributed by atoms with van der Waals surface area (Å²) in [6.07, 6.45) is 6.69. The van der Waals surface area contributed by atoms with Gasteiger partial charge < -0.3 is 14.6 Å². The number of hydrogen-bond acceptors (Lipinski definition) is 5. The molecule has 7 heteroatoms. The molecule has 4 rings (SSSR count). The van der Waals surface area contributed by atoms with Crippen LogP contribution in [0.5, 0.6) is 11.6 Å². The Bertz CT molecular complexity index is 1150. The van der Waals surface area contributed by atoms with Crippen LogP contribution in [0.2, 0.25) is 0 Å². The van der Waals surface area contributed by atoms with E-state index >= 15 is 0 Å². The average Bonchev–Trinajstić information content (AvgIpc) is 3.64. The van der Waals surface area contributed by atoms with Crippen molar-refractivity contribution in [2.45, 2.75) is 51.3 Å². The number of halogens is 1. The maximum Gasteiger partial charge on any atom is 0.227 e. The van der Waals surface area contributed by atoms with E-state index in [0.717, 1.165) is 29.8 Å². The summed E-state index contributed by atoms with van der Waals surface area (Å²) >= 11 is 0. The molecule has 1 saturated carbocycles. The highest BCUT2D eigenvalue weighted by Crippen LogP contribution is 2.37. The van der Waals surface area contributed by atoms with Crippen LogP contribution in [0.1, 0.15) is 43.9 Å². The summed E-state index contributed by atoms with van der Waals surface area (Å²) in [6.45, 7) is 5.45. The fourth-order valence-electron chi connectivity index (χ4n) is 4.11. The lowest BCUT2D eigenvalue weighted by molar-refractivity contribution is 0.0240. The van der Waals surface area contributed by atoms with Gasteiger partial charge in [-0.3, -0.25) is 4.90 Å². The number of benzene rings is 2. The Kier molecular flexibility index (Phi) is 8.19. The molecule has 35 heavy (non-hydrogen) atoms. The predicted molar refractivity (Wildman–Crippen MR) is 133 cm³/mol. The summed E-state index contributed by atoms with van der Waals surface area (Å²) < 4.78 is 27.9. The molecule has 0 radical (unpaired) electrons. The summed E-state index contributed by atoms with van der Waals surface area (Å²) in [5.74, 6) is 2.71. The average molecular weight is 478 g/mol. The Morgan fingerprint density at radius 3 is 2.54 bits per heavy atom. The zero-order valence-corrected chi connectivity index (χ0v) is 20.2. The van der Waals surface area contributed by atoms with E-state index < -0.39 is 11.9 Å². The van der Waals surface area contributed by atoms with Gasteiger partial charge >= 0.3 is 0 Å². The number of rotatable bonds is 12. The third kappa shape index (κ3) is 6.29. The molecule has 0 saturated heterocycles. The second-order valence-corrected chi connectivity index (χ2v) is 9.14. The number of terminal acetylenes is 1. The molecular formula is C28H32FN3O3. The smallest absolute Gasteiger partial charge is 0.227 e. The fourth-order valence-corrected chi connectivity index (χ4v) is 4.11. The van der Waals surface area contributed by atoms with Gasteiger partial charge in [-0.1, -0.05) is 50.1 Å². The van der Waals surface area contributed by atoms with Gasteiger partial charge in [0, 0.05) is 19.1 Å². The van der Waals surface area contributed by atoms with E-state index in [1.807, 2.05) is 30.3 Å². The van der Waals surface area contributed by atoms with Crippen molar-refractivity contribution in [2.75, 3.05) is 19.8 Å². The van der Waals surface area contributed by atoms with Crippen LogP contribution in [0.4, 0.5) is 4.39 Å². The van der Waals surface area contributed by atoms with Crippen molar-refractivity contribution < 1.29 is 19.0 Å². The molecular weight excluding hydrogens is 445 g/mol. The van der Waals surface area contributed by atoms with Gasteiger partial charge in [0.15, 0.2) is 11.6 Å². The molecule has 0 bridgehead atoms. The van der Waals surface area contributed by atoms with Crippen molar-refractivity contribution in [1.29, 1.82) is 0 Å². The molecule has 0 amide bonds. The van der Waals surface area contributed by atoms with Gasteiger partial charge in [-0.25, -0.2) is 9.07 Å². The van der Waals surface area contributed by atoms with Gasteiger partial charge in [0.1, 0.15) is 6.61 Å². The van der Waals surface area contributed by atoms with E-state index in [1.54, 1.807) is 22.9 Å². The summed E-state index contributed by atoms with van der Waals surface area (Å²) in [7, 11) is 0. The van der Waals surface area contributed by atoms with E-state index in [9.17, 15) is 9.50 Å². The molecule has 1 heterocycles. The number of hydrogen-bond donors (Lipinski definition) is 1. The number of para-hydroxylation sites is 2.